The third-order valence-electron chi connectivity index (χ3n) is 2.80. The van der Waals surface area contributed by atoms with E-state index in [1.54, 1.807) is 0 Å². The van der Waals surface area contributed by atoms with Crippen LogP contribution in [0.2, 0.25) is 0 Å². The van der Waals surface area contributed by atoms with Gasteiger partial charge in [0.2, 0.25) is 0 Å². The highest BCUT2D eigenvalue weighted by molar-refractivity contribution is 6.41. The third-order valence-corrected chi connectivity index (χ3v) is 2.80. The Morgan fingerprint density at radius 1 is 1.38 bits per heavy atom. The van der Waals surface area contributed by atoms with E-state index >= 15 is 0 Å². The summed E-state index contributed by atoms with van der Waals surface area (Å²) in [4.78, 5) is 0. The Bertz CT molecular complexity index is 325. The van der Waals surface area contributed by atoms with Gasteiger partial charge in [0.15, 0.2) is 0 Å². The van der Waals surface area contributed by atoms with Crippen molar-refractivity contribution in [2.75, 3.05) is 13.2 Å². The molecule has 1 aromatic carbocycles. The lowest BCUT2D eigenvalue weighted by atomic mass is 10.1. The van der Waals surface area contributed by atoms with Crippen LogP contribution >= 0.6 is 0 Å². The molecule has 0 aromatic heterocycles. The highest BCUT2D eigenvalue weighted by atomic mass is 16.6. The first-order valence-electron chi connectivity index (χ1n) is 5.87. The van der Waals surface area contributed by atoms with Crippen LogP contribution in [0.5, 0.6) is 0 Å². The fraction of sp³-hybridized carbons (Fsp3) is 0.500. The van der Waals surface area contributed by atoms with Crippen molar-refractivity contribution in [2.24, 2.45) is 0 Å². The van der Waals surface area contributed by atoms with Gasteiger partial charge in [-0.05, 0) is 37.4 Å². The summed E-state index contributed by atoms with van der Waals surface area (Å²) >= 11 is 0. The lowest BCUT2D eigenvalue weighted by Crippen LogP contribution is -2.38. The number of rotatable bonds is 3. The highest BCUT2D eigenvalue weighted by Crippen LogP contribution is 2.09. The summed E-state index contributed by atoms with van der Waals surface area (Å²) in [6, 6.07) is 8.26. The molecule has 2 rings (SSSR count). The molecule has 1 saturated heterocycles. The van der Waals surface area contributed by atoms with E-state index in [0.717, 1.165) is 26.0 Å². The van der Waals surface area contributed by atoms with Gasteiger partial charge in [-0.25, -0.2) is 0 Å². The van der Waals surface area contributed by atoms with E-state index in [1.807, 2.05) is 12.1 Å². The maximum atomic E-state index is 5.70. The van der Waals surface area contributed by atoms with Gasteiger partial charge in [0.25, 0.3) is 0 Å². The molecule has 1 aliphatic rings. The third kappa shape index (κ3) is 3.34. The van der Waals surface area contributed by atoms with Gasteiger partial charge < -0.3 is 14.5 Å². The second-order valence-corrected chi connectivity index (χ2v) is 4.10. The van der Waals surface area contributed by atoms with Gasteiger partial charge in [-0.15, -0.1) is 0 Å². The topological polar surface area (TPSA) is 30.5 Å². The van der Waals surface area contributed by atoms with Crippen molar-refractivity contribution in [3.05, 3.63) is 35.4 Å². The fourth-order valence-corrected chi connectivity index (χ4v) is 1.74. The van der Waals surface area contributed by atoms with Crippen LogP contribution in [0.25, 0.3) is 0 Å². The first-order valence-corrected chi connectivity index (χ1v) is 5.87. The zero-order chi connectivity index (χ0) is 11.2. The van der Waals surface area contributed by atoms with Gasteiger partial charge in [0.1, 0.15) is 0 Å². The summed E-state index contributed by atoms with van der Waals surface area (Å²) in [5, 5.41) is 3.23. The van der Waals surface area contributed by atoms with E-state index in [-0.39, 0.29) is 7.25 Å². The molecule has 4 heteroatoms. The maximum absolute atomic E-state index is 5.70. The Hall–Kier alpha value is -0.835. The number of benzene rings is 1. The van der Waals surface area contributed by atoms with Crippen molar-refractivity contribution in [3.63, 3.8) is 0 Å². The van der Waals surface area contributed by atoms with E-state index in [1.165, 1.54) is 11.1 Å². The summed E-state index contributed by atoms with van der Waals surface area (Å²) in [6.07, 6.45) is 2.27. The van der Waals surface area contributed by atoms with Crippen LogP contribution in [0.3, 0.4) is 0 Å². The molecule has 1 heterocycles. The Labute approximate surface area is 97.3 Å². The van der Waals surface area contributed by atoms with Gasteiger partial charge in [-0.3, -0.25) is 0 Å². The molecule has 0 bridgehead atoms. The SMILES string of the molecule is Cc1ccccc1COB1NCCCCO1. The lowest BCUT2D eigenvalue weighted by Gasteiger charge is -2.13. The molecule has 1 N–H and O–H groups in total. The average Bonchev–Trinajstić information content (AvgIpc) is 2.56. The second kappa shape index (κ2) is 6.04. The predicted octanol–water partition coefficient (Wildman–Crippen LogP) is 1.90. The van der Waals surface area contributed by atoms with Crippen LogP contribution < -0.4 is 5.23 Å². The molecule has 1 aromatic rings. The van der Waals surface area contributed by atoms with Gasteiger partial charge in [0.05, 0.1) is 6.61 Å². The van der Waals surface area contributed by atoms with Crippen LogP contribution in [0.1, 0.15) is 24.0 Å². The molecular formula is C12H18BNO2. The van der Waals surface area contributed by atoms with Crippen molar-refractivity contribution >= 4 is 7.25 Å². The van der Waals surface area contributed by atoms with Crippen LogP contribution in [-0.2, 0) is 15.9 Å². The first kappa shape index (κ1) is 11.6. The van der Waals surface area contributed by atoms with E-state index in [0.29, 0.717) is 6.61 Å². The Balaban J connectivity index is 1.84. The van der Waals surface area contributed by atoms with Crippen LogP contribution in [0.4, 0.5) is 0 Å². The van der Waals surface area contributed by atoms with Gasteiger partial charge in [-0.2, -0.15) is 0 Å². The molecular weight excluding hydrogens is 201 g/mol. The summed E-state index contributed by atoms with van der Waals surface area (Å²) in [5.41, 5.74) is 2.48. The summed E-state index contributed by atoms with van der Waals surface area (Å²) in [6.45, 7) is 4.45. The summed E-state index contributed by atoms with van der Waals surface area (Å²) < 4.78 is 11.2. The summed E-state index contributed by atoms with van der Waals surface area (Å²) in [5.74, 6) is 0. The number of nitrogens with one attached hydrogen (secondary N) is 1. The van der Waals surface area contributed by atoms with Crippen molar-refractivity contribution < 1.29 is 9.31 Å². The number of hydrogen-bond donors (Lipinski definition) is 1. The minimum Gasteiger partial charge on any atom is -0.397 e. The Kier molecular flexibility index (Phi) is 4.39. The minimum absolute atomic E-state index is 0.248. The standard InChI is InChI=1S/C12H18BNO2/c1-11-6-2-3-7-12(11)10-16-13-14-8-4-5-9-15-13/h2-3,6-7,14H,4-5,8-10H2,1H3. The van der Waals surface area contributed by atoms with E-state index in [9.17, 15) is 0 Å². The van der Waals surface area contributed by atoms with Crippen LogP contribution in [0, 0.1) is 6.92 Å². The smallest absolute Gasteiger partial charge is 0.397 e. The fourth-order valence-electron chi connectivity index (χ4n) is 1.74. The molecule has 0 spiro atoms. The Morgan fingerprint density at radius 3 is 3.12 bits per heavy atom. The number of aryl methyl sites for hydroxylation is 1. The molecule has 0 saturated carbocycles. The highest BCUT2D eigenvalue weighted by Gasteiger charge is 2.20. The molecule has 3 nitrogen and oxygen atoms in total. The van der Waals surface area contributed by atoms with Crippen molar-refractivity contribution in [1.82, 2.24) is 5.23 Å². The minimum atomic E-state index is -0.248. The summed E-state index contributed by atoms with van der Waals surface area (Å²) in [7, 11) is -0.248. The zero-order valence-electron chi connectivity index (χ0n) is 9.74. The molecule has 0 aliphatic carbocycles. The first-order chi connectivity index (χ1) is 7.86. The van der Waals surface area contributed by atoms with E-state index in [4.69, 9.17) is 9.31 Å². The molecule has 0 unspecified atom stereocenters. The lowest BCUT2D eigenvalue weighted by molar-refractivity contribution is 0.186. The maximum Gasteiger partial charge on any atom is 0.554 e. The molecule has 86 valence electrons. The normalized spacial score (nSPS) is 17.2. The van der Waals surface area contributed by atoms with Gasteiger partial charge >= 0.3 is 7.25 Å². The largest absolute Gasteiger partial charge is 0.554 e. The van der Waals surface area contributed by atoms with Crippen molar-refractivity contribution in [2.45, 2.75) is 26.4 Å². The van der Waals surface area contributed by atoms with Gasteiger partial charge in [0, 0.05) is 6.61 Å². The monoisotopic (exact) mass is 219 g/mol. The molecule has 1 aliphatic heterocycles. The van der Waals surface area contributed by atoms with Crippen molar-refractivity contribution in [1.29, 1.82) is 0 Å². The molecule has 0 radical (unpaired) electrons. The van der Waals surface area contributed by atoms with Crippen LogP contribution in [0.15, 0.2) is 24.3 Å². The predicted molar refractivity (Wildman–Crippen MR) is 64.9 cm³/mol. The molecule has 16 heavy (non-hydrogen) atoms. The Morgan fingerprint density at radius 2 is 2.25 bits per heavy atom. The molecule has 0 atom stereocenters. The molecule has 1 fully saturated rings. The quantitative estimate of drug-likeness (QED) is 0.787. The van der Waals surface area contributed by atoms with Crippen molar-refractivity contribution in [3.8, 4) is 0 Å². The van der Waals surface area contributed by atoms with Crippen LogP contribution in [-0.4, -0.2) is 20.4 Å². The molecule has 0 amide bonds. The second-order valence-electron chi connectivity index (χ2n) is 4.10. The zero-order valence-corrected chi connectivity index (χ0v) is 9.74. The van der Waals surface area contributed by atoms with E-state index < -0.39 is 0 Å². The average molecular weight is 219 g/mol. The number of hydrogen-bond acceptors (Lipinski definition) is 3. The van der Waals surface area contributed by atoms with E-state index in [2.05, 4.69) is 24.3 Å². The van der Waals surface area contributed by atoms with Gasteiger partial charge in [-0.1, -0.05) is 24.3 Å².